The number of aliphatic hydroxyl groups is 1. The molecule has 0 aromatic rings. The normalized spacial score (nSPS) is 71.6. The van der Waals surface area contributed by atoms with Crippen molar-refractivity contribution >= 4 is 0 Å². The Bertz CT molecular complexity index is 895. The first-order valence-corrected chi connectivity index (χ1v) is 11.7. The SMILES string of the molecule is CC1C(O)C12CC21C(C)(C)C12C(C)(C)C21C(C)(C)C12C(C)(C)C21CC1(C)C. The number of fused-ring (bicyclic) bond motifs is 5. The van der Waals surface area contributed by atoms with E-state index in [0.717, 1.165) is 0 Å². The number of hydrogen-bond donors (Lipinski definition) is 1. The van der Waals surface area contributed by atoms with Crippen molar-refractivity contribution in [3.05, 3.63) is 0 Å². The molecule has 0 bridgehead atoms. The fraction of sp³-hybridized carbons (Fsp3) is 1.00. The predicted molar refractivity (Wildman–Crippen MR) is 108 cm³/mol. The Balaban J connectivity index is 1.47. The van der Waals surface area contributed by atoms with Crippen molar-refractivity contribution < 1.29 is 5.11 Å². The standard InChI is InChI=1S/C26H40O/c1-14-15(27)21(14)13-23(21)18(6,7)25(23)20(10,11)26(25)19(8,9)24(26)17(4,5)22(24)12-16(22,2)3/h14-15,27H,12-13H2,1-11H3. The molecule has 0 heterocycles. The molecule has 27 heavy (non-hydrogen) atoms. The van der Waals surface area contributed by atoms with E-state index in [-0.39, 0.29) is 11.5 Å². The van der Waals surface area contributed by atoms with Crippen molar-refractivity contribution in [2.45, 2.75) is 95.1 Å². The zero-order chi connectivity index (χ0) is 20.1. The third kappa shape index (κ3) is 0.761. The summed E-state index contributed by atoms with van der Waals surface area (Å²) in [6.07, 6.45) is 2.71. The van der Waals surface area contributed by atoms with E-state index in [4.69, 9.17) is 0 Å². The molecule has 7 aliphatic rings. The summed E-state index contributed by atoms with van der Waals surface area (Å²) >= 11 is 0. The lowest BCUT2D eigenvalue weighted by Crippen LogP contribution is -1.98. The third-order valence-corrected chi connectivity index (χ3v) is 14.6. The maximum atomic E-state index is 10.8. The van der Waals surface area contributed by atoms with Crippen LogP contribution in [0.4, 0.5) is 0 Å². The second kappa shape index (κ2) is 2.96. The topological polar surface area (TPSA) is 20.2 Å². The summed E-state index contributed by atoms with van der Waals surface area (Å²) in [5.74, 6) is 0.529. The Morgan fingerprint density at radius 1 is 0.593 bits per heavy atom. The van der Waals surface area contributed by atoms with Crippen molar-refractivity contribution in [1.29, 1.82) is 0 Å². The van der Waals surface area contributed by atoms with Gasteiger partial charge < -0.3 is 5.11 Å². The van der Waals surface area contributed by atoms with Crippen molar-refractivity contribution in [3.8, 4) is 0 Å². The fourth-order valence-corrected chi connectivity index (χ4v) is 15.4. The molecule has 0 amide bonds. The van der Waals surface area contributed by atoms with Crippen LogP contribution in [0.15, 0.2) is 0 Å². The van der Waals surface area contributed by atoms with E-state index in [1.54, 1.807) is 0 Å². The average Bonchev–Trinajstić information content (AvgIpc) is 3.36. The van der Waals surface area contributed by atoms with Crippen molar-refractivity contribution in [2.75, 3.05) is 0 Å². The van der Waals surface area contributed by atoms with Gasteiger partial charge in [0.15, 0.2) is 0 Å². The summed E-state index contributed by atoms with van der Waals surface area (Å²) in [5, 5.41) is 10.8. The summed E-state index contributed by atoms with van der Waals surface area (Å²) in [5.41, 5.74) is 4.90. The molecule has 0 saturated heterocycles. The van der Waals surface area contributed by atoms with Crippen LogP contribution in [0.1, 0.15) is 89.0 Å². The molecule has 7 rings (SSSR count). The monoisotopic (exact) mass is 368 g/mol. The van der Waals surface area contributed by atoms with Gasteiger partial charge in [-0.15, -0.1) is 0 Å². The molecule has 7 fully saturated rings. The van der Waals surface area contributed by atoms with Crippen LogP contribution in [-0.2, 0) is 0 Å². The predicted octanol–water partition coefficient (Wildman–Crippen LogP) is 5.91. The molecular weight excluding hydrogens is 328 g/mol. The van der Waals surface area contributed by atoms with Gasteiger partial charge in [0.25, 0.3) is 0 Å². The van der Waals surface area contributed by atoms with Crippen molar-refractivity contribution in [3.63, 3.8) is 0 Å². The Morgan fingerprint density at radius 2 is 0.963 bits per heavy atom. The lowest BCUT2D eigenvalue weighted by Gasteiger charge is -2.03. The van der Waals surface area contributed by atoms with E-state index in [1.165, 1.54) is 12.8 Å². The quantitative estimate of drug-likeness (QED) is 0.563. The molecule has 7 saturated carbocycles. The fourth-order valence-electron chi connectivity index (χ4n) is 15.4. The highest BCUT2D eigenvalue weighted by Gasteiger charge is 3.28. The number of rotatable bonds is 0. The van der Waals surface area contributed by atoms with Gasteiger partial charge in [0, 0.05) is 5.41 Å². The van der Waals surface area contributed by atoms with Crippen LogP contribution in [0, 0.1) is 65.5 Å². The van der Waals surface area contributed by atoms with E-state index < -0.39 is 0 Å². The van der Waals surface area contributed by atoms with Gasteiger partial charge >= 0.3 is 0 Å². The number of hydrogen-bond acceptors (Lipinski definition) is 1. The highest BCUT2D eigenvalue weighted by atomic mass is 16.3. The molecule has 8 unspecified atom stereocenters. The Hall–Kier alpha value is -0.0400. The molecule has 0 radical (unpaired) electrons. The largest absolute Gasteiger partial charge is 0.392 e. The second-order valence-corrected chi connectivity index (χ2v) is 15.1. The molecule has 150 valence electrons. The first-order valence-electron chi connectivity index (χ1n) is 11.7. The molecule has 6 spiro atoms. The molecule has 7 aliphatic carbocycles. The molecule has 8 atom stereocenters. The molecule has 0 aromatic carbocycles. The Kier molecular flexibility index (Phi) is 1.83. The van der Waals surface area contributed by atoms with Gasteiger partial charge in [0.2, 0.25) is 0 Å². The van der Waals surface area contributed by atoms with Crippen molar-refractivity contribution in [1.82, 2.24) is 0 Å². The smallest absolute Gasteiger partial charge is 0.0637 e. The molecular formula is C26H40O. The van der Waals surface area contributed by atoms with Crippen molar-refractivity contribution in [2.24, 2.45) is 65.5 Å². The molecule has 1 nitrogen and oxygen atoms in total. The molecule has 1 heteroatoms. The Labute approximate surface area is 166 Å². The van der Waals surface area contributed by atoms with E-state index in [2.05, 4.69) is 76.2 Å². The number of aliphatic hydroxyl groups excluding tert-OH is 1. The lowest BCUT2D eigenvalue weighted by atomic mass is 10.0. The van der Waals surface area contributed by atoms with E-state index in [9.17, 15) is 5.11 Å². The zero-order valence-corrected chi connectivity index (χ0v) is 19.5. The van der Waals surface area contributed by atoms with Crippen LogP contribution >= 0.6 is 0 Å². The minimum Gasteiger partial charge on any atom is -0.392 e. The summed E-state index contributed by atoms with van der Waals surface area (Å²) < 4.78 is 0. The third-order valence-electron chi connectivity index (χ3n) is 14.6. The molecule has 0 aliphatic heterocycles. The second-order valence-electron chi connectivity index (χ2n) is 15.1. The van der Waals surface area contributed by atoms with Gasteiger partial charge in [-0.25, -0.2) is 0 Å². The lowest BCUT2D eigenvalue weighted by molar-refractivity contribution is 0.237. The van der Waals surface area contributed by atoms with Crippen LogP contribution in [0.2, 0.25) is 0 Å². The van der Waals surface area contributed by atoms with Crippen LogP contribution in [0.25, 0.3) is 0 Å². The van der Waals surface area contributed by atoms with Crippen LogP contribution in [0.3, 0.4) is 0 Å². The van der Waals surface area contributed by atoms with Gasteiger partial charge in [-0.05, 0) is 72.9 Å². The first kappa shape index (κ1) is 16.7. The minimum atomic E-state index is -0.0269. The summed E-state index contributed by atoms with van der Waals surface area (Å²) in [4.78, 5) is 0. The highest BCUT2D eigenvalue weighted by molar-refractivity contribution is 5.74. The van der Waals surface area contributed by atoms with Gasteiger partial charge in [-0.3, -0.25) is 0 Å². The van der Waals surface area contributed by atoms with Gasteiger partial charge in [0.05, 0.1) is 6.10 Å². The van der Waals surface area contributed by atoms with Gasteiger partial charge in [-0.1, -0.05) is 76.2 Å². The summed E-state index contributed by atoms with van der Waals surface area (Å²) in [7, 11) is 0. The van der Waals surface area contributed by atoms with Crippen LogP contribution in [0.5, 0.6) is 0 Å². The maximum Gasteiger partial charge on any atom is 0.0637 e. The van der Waals surface area contributed by atoms with Gasteiger partial charge in [0.1, 0.15) is 0 Å². The average molecular weight is 369 g/mol. The summed E-state index contributed by atoms with van der Waals surface area (Å²) in [6.45, 7) is 28.4. The van der Waals surface area contributed by atoms with E-state index >= 15 is 0 Å². The maximum absolute atomic E-state index is 10.8. The first-order chi connectivity index (χ1) is 12.0. The zero-order valence-electron chi connectivity index (χ0n) is 19.5. The van der Waals surface area contributed by atoms with Gasteiger partial charge in [-0.2, -0.15) is 0 Å². The summed E-state index contributed by atoms with van der Waals surface area (Å²) in [6, 6.07) is 0. The van der Waals surface area contributed by atoms with E-state index in [1.807, 2.05) is 0 Å². The van der Waals surface area contributed by atoms with E-state index in [0.29, 0.717) is 60.1 Å². The van der Waals surface area contributed by atoms with Crippen LogP contribution in [-0.4, -0.2) is 11.2 Å². The minimum absolute atomic E-state index is 0.0269. The molecule has 1 N–H and O–H groups in total. The Morgan fingerprint density at radius 3 is 1.26 bits per heavy atom. The highest BCUT2D eigenvalue weighted by Crippen LogP contribution is 3.31. The van der Waals surface area contributed by atoms with Crippen LogP contribution < -0.4 is 0 Å². The molecule has 0 aromatic heterocycles.